The lowest BCUT2D eigenvalue weighted by Gasteiger charge is -2.20. The summed E-state index contributed by atoms with van der Waals surface area (Å²) in [4.78, 5) is 0. The minimum atomic E-state index is -3.88. The van der Waals surface area contributed by atoms with Crippen LogP contribution in [0.25, 0.3) is 10.9 Å². The molecule has 0 spiro atoms. The third kappa shape index (κ3) is 3.69. The van der Waals surface area contributed by atoms with E-state index in [-0.39, 0.29) is 34.0 Å². The van der Waals surface area contributed by atoms with Crippen molar-refractivity contribution < 1.29 is 21.9 Å². The first kappa shape index (κ1) is 20.2. The van der Waals surface area contributed by atoms with Crippen molar-refractivity contribution in [2.75, 3.05) is 23.4 Å². The number of nitrogens with two attached hydrogens (primary N) is 1. The zero-order valence-electron chi connectivity index (χ0n) is 14.9. The van der Waals surface area contributed by atoms with Gasteiger partial charge in [-0.3, -0.25) is 0 Å². The quantitative estimate of drug-likeness (QED) is 0.603. The third-order valence-electron chi connectivity index (χ3n) is 4.12. The number of anilines is 2. The Labute approximate surface area is 165 Å². The number of hydrogen-bond donors (Lipinski definition) is 1. The Morgan fingerprint density at radius 2 is 1.89 bits per heavy atom. The molecule has 7 nitrogen and oxygen atoms in total. The molecule has 1 aromatic heterocycles. The van der Waals surface area contributed by atoms with Crippen LogP contribution in [0.2, 0.25) is 5.02 Å². The Morgan fingerprint density at radius 1 is 1.25 bits per heavy atom. The SMILES string of the molecule is COc1ccc(CN(c2nn(C(F)F)c3c(N)ccc(Cl)c23)S(C)(=O)=O)cc1. The minimum absolute atomic E-state index is 0.0105. The standard InChI is InChI=1S/C17H17ClF2N4O3S/c1-27-11-5-3-10(4-6-11)9-23(28(2,25)26)16-14-12(18)7-8-13(21)15(14)24(22-16)17(19)20/h3-8,17H,9,21H2,1-2H3. The van der Waals surface area contributed by atoms with E-state index in [1.165, 1.54) is 19.2 Å². The first-order valence-corrected chi connectivity index (χ1v) is 10.2. The molecule has 150 valence electrons. The predicted octanol–water partition coefficient (Wildman–Crippen LogP) is 3.64. The summed E-state index contributed by atoms with van der Waals surface area (Å²) in [5.74, 6) is 0.379. The number of rotatable bonds is 6. The monoisotopic (exact) mass is 430 g/mol. The van der Waals surface area contributed by atoms with Gasteiger partial charge in [-0.2, -0.15) is 13.5 Å². The van der Waals surface area contributed by atoms with Crippen molar-refractivity contribution >= 4 is 44.0 Å². The van der Waals surface area contributed by atoms with Gasteiger partial charge in [-0.15, -0.1) is 5.10 Å². The summed E-state index contributed by atoms with van der Waals surface area (Å²) < 4.78 is 58.3. The maximum Gasteiger partial charge on any atom is 0.333 e. The number of nitrogen functional groups attached to an aromatic ring is 1. The summed E-state index contributed by atoms with van der Waals surface area (Å²) in [6.07, 6.45) is 0.962. The molecule has 0 unspecified atom stereocenters. The van der Waals surface area contributed by atoms with Gasteiger partial charge in [-0.1, -0.05) is 23.7 Å². The van der Waals surface area contributed by atoms with Crippen molar-refractivity contribution in [3.05, 3.63) is 47.0 Å². The molecule has 2 N–H and O–H groups in total. The first-order valence-electron chi connectivity index (χ1n) is 7.98. The highest BCUT2D eigenvalue weighted by Gasteiger charge is 2.28. The summed E-state index contributed by atoms with van der Waals surface area (Å²) in [5.41, 5.74) is 6.33. The van der Waals surface area contributed by atoms with Crippen LogP contribution in [0.1, 0.15) is 12.1 Å². The van der Waals surface area contributed by atoms with Crippen LogP contribution in [0.4, 0.5) is 20.3 Å². The van der Waals surface area contributed by atoms with E-state index in [0.717, 1.165) is 10.6 Å². The summed E-state index contributed by atoms with van der Waals surface area (Å²) >= 11 is 6.20. The third-order valence-corrected chi connectivity index (χ3v) is 5.54. The van der Waals surface area contributed by atoms with Gasteiger partial charge in [-0.25, -0.2) is 12.7 Å². The first-order chi connectivity index (χ1) is 13.1. The van der Waals surface area contributed by atoms with Gasteiger partial charge in [-0.05, 0) is 29.8 Å². The summed E-state index contributed by atoms with van der Waals surface area (Å²) in [6, 6.07) is 9.43. The maximum atomic E-state index is 13.5. The highest BCUT2D eigenvalue weighted by atomic mass is 35.5. The fourth-order valence-corrected chi connectivity index (χ4v) is 3.87. The lowest BCUT2D eigenvalue weighted by Crippen LogP contribution is -2.30. The van der Waals surface area contributed by atoms with Gasteiger partial charge in [0, 0.05) is 0 Å². The number of halogens is 3. The Balaban J connectivity index is 2.21. The molecule has 0 saturated heterocycles. The molecule has 0 bridgehead atoms. The normalized spacial score (nSPS) is 11.9. The van der Waals surface area contributed by atoms with Crippen molar-refractivity contribution in [2.24, 2.45) is 0 Å². The molecule has 3 aromatic rings. The molecule has 1 heterocycles. The van der Waals surface area contributed by atoms with E-state index < -0.39 is 16.6 Å². The van der Waals surface area contributed by atoms with Crippen molar-refractivity contribution in [1.82, 2.24) is 9.78 Å². The lowest BCUT2D eigenvalue weighted by atomic mass is 10.2. The van der Waals surface area contributed by atoms with E-state index in [1.807, 2.05) is 0 Å². The topological polar surface area (TPSA) is 90.4 Å². The second-order valence-corrected chi connectivity index (χ2v) is 8.34. The molecule has 28 heavy (non-hydrogen) atoms. The number of alkyl halides is 2. The molecule has 11 heteroatoms. The largest absolute Gasteiger partial charge is 0.497 e. The van der Waals surface area contributed by atoms with E-state index in [0.29, 0.717) is 16.0 Å². The van der Waals surface area contributed by atoms with Gasteiger partial charge >= 0.3 is 6.55 Å². The van der Waals surface area contributed by atoms with Crippen molar-refractivity contribution in [3.63, 3.8) is 0 Å². The Bertz CT molecular complexity index is 1120. The van der Waals surface area contributed by atoms with E-state index in [1.54, 1.807) is 24.3 Å². The zero-order valence-corrected chi connectivity index (χ0v) is 16.5. The number of aromatic nitrogens is 2. The molecule has 0 fully saturated rings. The van der Waals surface area contributed by atoms with Crippen LogP contribution in [0.5, 0.6) is 5.75 Å². The van der Waals surface area contributed by atoms with Crippen molar-refractivity contribution in [3.8, 4) is 5.75 Å². The van der Waals surface area contributed by atoms with Gasteiger partial charge < -0.3 is 10.5 Å². The molecule has 0 radical (unpaired) electrons. The zero-order chi connectivity index (χ0) is 20.6. The van der Waals surface area contributed by atoms with Crippen LogP contribution in [0, 0.1) is 0 Å². The fraction of sp³-hybridized carbons (Fsp3) is 0.235. The number of sulfonamides is 1. The number of nitrogens with zero attached hydrogens (tertiary/aromatic N) is 3. The highest BCUT2D eigenvalue weighted by Crippen LogP contribution is 2.39. The second kappa shape index (κ2) is 7.44. The van der Waals surface area contributed by atoms with Crippen molar-refractivity contribution in [1.29, 1.82) is 0 Å². The number of fused-ring (bicyclic) bond motifs is 1. The van der Waals surface area contributed by atoms with E-state index in [2.05, 4.69) is 5.10 Å². The molecule has 0 amide bonds. The number of methoxy groups -OCH3 is 1. The Kier molecular flexibility index (Phi) is 5.35. The van der Waals surface area contributed by atoms with Crippen LogP contribution in [0.15, 0.2) is 36.4 Å². The maximum absolute atomic E-state index is 13.5. The van der Waals surface area contributed by atoms with Crippen LogP contribution in [-0.4, -0.2) is 31.6 Å². The van der Waals surface area contributed by atoms with E-state index in [4.69, 9.17) is 22.1 Å². The summed E-state index contributed by atoms with van der Waals surface area (Å²) in [5, 5.41) is 3.94. The molecular formula is C17H17ClF2N4O3S. The Hall–Kier alpha value is -2.59. The molecule has 0 aliphatic carbocycles. The smallest absolute Gasteiger partial charge is 0.333 e. The molecule has 0 aliphatic heterocycles. The fourth-order valence-electron chi connectivity index (χ4n) is 2.81. The second-order valence-electron chi connectivity index (χ2n) is 6.02. The van der Waals surface area contributed by atoms with E-state index in [9.17, 15) is 17.2 Å². The van der Waals surface area contributed by atoms with Crippen LogP contribution < -0.4 is 14.8 Å². The number of ether oxygens (including phenoxy) is 1. The Morgan fingerprint density at radius 3 is 2.43 bits per heavy atom. The van der Waals surface area contributed by atoms with Gasteiger partial charge in [0.2, 0.25) is 10.0 Å². The minimum Gasteiger partial charge on any atom is -0.497 e. The molecule has 0 saturated carbocycles. The van der Waals surface area contributed by atoms with Crippen LogP contribution in [0.3, 0.4) is 0 Å². The highest BCUT2D eigenvalue weighted by molar-refractivity contribution is 7.92. The molecule has 0 atom stereocenters. The van der Waals surface area contributed by atoms with Crippen LogP contribution in [-0.2, 0) is 16.6 Å². The van der Waals surface area contributed by atoms with Gasteiger partial charge in [0.15, 0.2) is 5.82 Å². The molecular weight excluding hydrogens is 414 g/mol. The van der Waals surface area contributed by atoms with E-state index >= 15 is 0 Å². The van der Waals surface area contributed by atoms with Gasteiger partial charge in [0.25, 0.3) is 0 Å². The average molecular weight is 431 g/mol. The summed E-state index contributed by atoms with van der Waals surface area (Å²) in [7, 11) is -2.38. The van der Waals surface area contributed by atoms with Crippen LogP contribution >= 0.6 is 11.6 Å². The summed E-state index contributed by atoms with van der Waals surface area (Å²) in [6.45, 7) is -3.16. The molecule has 3 rings (SSSR count). The molecule has 2 aromatic carbocycles. The average Bonchev–Trinajstić information content (AvgIpc) is 3.04. The number of hydrogen-bond acceptors (Lipinski definition) is 5. The van der Waals surface area contributed by atoms with Gasteiger partial charge in [0.1, 0.15) is 11.3 Å². The number of benzene rings is 2. The predicted molar refractivity (Wildman–Crippen MR) is 104 cm³/mol. The van der Waals surface area contributed by atoms with Gasteiger partial charge in [0.05, 0.1) is 36.0 Å². The lowest BCUT2D eigenvalue weighted by molar-refractivity contribution is 0.0618. The molecule has 0 aliphatic rings. The van der Waals surface area contributed by atoms with Crippen molar-refractivity contribution in [2.45, 2.75) is 13.1 Å².